The predicted octanol–water partition coefficient (Wildman–Crippen LogP) is 6.83. The van der Waals surface area contributed by atoms with Crippen LogP contribution in [0.25, 0.3) is 11.1 Å². The van der Waals surface area contributed by atoms with E-state index < -0.39 is 48.5 Å². The van der Waals surface area contributed by atoms with Crippen LogP contribution in [0.4, 0.5) is 14.5 Å². The molecule has 0 saturated carbocycles. The molecule has 5 aromatic rings. The number of anilines is 1. The van der Waals surface area contributed by atoms with Crippen LogP contribution in [0, 0.1) is 18.6 Å². The van der Waals surface area contributed by atoms with E-state index >= 15 is 0 Å². The average Bonchev–Trinajstić information content (AvgIpc) is 3.61. The maximum absolute atomic E-state index is 13.9. The fourth-order valence-electron chi connectivity index (χ4n) is 5.44. The second-order valence-electron chi connectivity index (χ2n) is 11.8. The molecule has 1 atom stereocenters. The quantitative estimate of drug-likeness (QED) is 0.141. The van der Waals surface area contributed by atoms with Crippen molar-refractivity contribution in [3.8, 4) is 11.1 Å². The van der Waals surface area contributed by atoms with Crippen LogP contribution in [-0.2, 0) is 27.4 Å². The molecule has 0 radical (unpaired) electrons. The van der Waals surface area contributed by atoms with Gasteiger partial charge in [0.15, 0.2) is 6.17 Å². The summed E-state index contributed by atoms with van der Waals surface area (Å²) in [6.45, 7) is 1.53. The van der Waals surface area contributed by atoms with Gasteiger partial charge >= 0.3 is 5.97 Å². The van der Waals surface area contributed by atoms with Gasteiger partial charge in [-0.2, -0.15) is 0 Å². The number of nitrogens with zero attached hydrogens (tertiary/aromatic N) is 2. The van der Waals surface area contributed by atoms with Gasteiger partial charge in [0, 0.05) is 28.9 Å². The van der Waals surface area contributed by atoms with E-state index in [-0.39, 0.29) is 17.7 Å². The summed E-state index contributed by atoms with van der Waals surface area (Å²) in [5.41, 5.74) is 8.81. The number of carboxylic acids is 1. The van der Waals surface area contributed by atoms with Gasteiger partial charge in [0.05, 0.1) is 6.42 Å². The lowest BCUT2D eigenvalue weighted by Crippen LogP contribution is -2.35. The highest BCUT2D eigenvalue weighted by molar-refractivity contribution is 5.97. The highest BCUT2D eigenvalue weighted by Crippen LogP contribution is 2.25. The number of rotatable bonds is 11. The summed E-state index contributed by atoms with van der Waals surface area (Å²) in [5, 5.41) is 12.1. The van der Waals surface area contributed by atoms with Crippen LogP contribution < -0.4 is 10.8 Å². The van der Waals surface area contributed by atoms with Crippen molar-refractivity contribution >= 4 is 29.4 Å². The fraction of sp³-hybridized carbons (Fsp3) is 0.128. The largest absolute Gasteiger partial charge is 0.480 e. The number of benzene rings is 5. The molecule has 9 nitrogen and oxygen atoms in total. The zero-order valence-corrected chi connectivity index (χ0v) is 26.9. The number of carbonyl (C=O) groups is 3. The third-order valence-corrected chi connectivity index (χ3v) is 8.13. The highest BCUT2D eigenvalue weighted by atomic mass is 19.1. The number of carbonyl (C=O) groups excluding carboxylic acids is 2. The molecule has 1 aliphatic heterocycles. The first-order valence-electron chi connectivity index (χ1n) is 15.7. The van der Waals surface area contributed by atoms with Gasteiger partial charge in [-0.15, -0.1) is 5.48 Å². The molecule has 1 aliphatic rings. The van der Waals surface area contributed by atoms with Crippen LogP contribution >= 0.6 is 0 Å². The number of hydrogen-bond donors (Lipinski definition) is 3. The second-order valence-corrected chi connectivity index (χ2v) is 11.8. The summed E-state index contributed by atoms with van der Waals surface area (Å²) in [6.07, 6.45) is -0.970. The van der Waals surface area contributed by atoms with Crippen molar-refractivity contribution in [1.29, 1.82) is 0 Å². The SMILES string of the molecule is Cc1ccc(-c2ccc(C3=NC(c4ccc(CN(CC(=O)O)C(=O)c5ccc(NC(=O)Cc6c(F)cccc6F)cc5)cc4)NO3)cc2)cc1. The molecule has 50 heavy (non-hydrogen) atoms. The normalized spacial score (nSPS) is 13.7. The van der Waals surface area contributed by atoms with Crippen molar-refractivity contribution in [3.05, 3.63) is 160 Å². The molecule has 11 heteroatoms. The van der Waals surface area contributed by atoms with E-state index in [4.69, 9.17) is 4.84 Å². The molecule has 6 rings (SSSR count). The Morgan fingerprint density at radius 3 is 2.04 bits per heavy atom. The fourth-order valence-corrected chi connectivity index (χ4v) is 5.44. The zero-order chi connectivity index (χ0) is 35.2. The number of aliphatic carboxylic acids is 1. The molecule has 252 valence electrons. The Kier molecular flexibility index (Phi) is 10.1. The Bertz CT molecular complexity index is 2030. The van der Waals surface area contributed by atoms with Crippen LogP contribution in [0.3, 0.4) is 0 Å². The minimum atomic E-state index is -1.18. The van der Waals surface area contributed by atoms with Gasteiger partial charge in [0.2, 0.25) is 11.8 Å². The highest BCUT2D eigenvalue weighted by Gasteiger charge is 2.23. The third kappa shape index (κ3) is 8.08. The Morgan fingerprint density at radius 2 is 1.42 bits per heavy atom. The van der Waals surface area contributed by atoms with E-state index in [1.165, 1.54) is 40.8 Å². The molecular formula is C39H32F2N4O5. The monoisotopic (exact) mass is 674 g/mol. The van der Waals surface area contributed by atoms with Gasteiger partial charge in [-0.25, -0.2) is 13.8 Å². The maximum atomic E-state index is 13.9. The van der Waals surface area contributed by atoms with Gasteiger partial charge in [-0.05, 0) is 77.7 Å². The van der Waals surface area contributed by atoms with Crippen LogP contribution in [0.5, 0.6) is 0 Å². The second kappa shape index (κ2) is 14.9. The van der Waals surface area contributed by atoms with E-state index in [2.05, 4.69) is 47.0 Å². The third-order valence-electron chi connectivity index (χ3n) is 8.13. The van der Waals surface area contributed by atoms with Crippen molar-refractivity contribution in [1.82, 2.24) is 10.4 Å². The summed E-state index contributed by atoms with van der Waals surface area (Å²) in [4.78, 5) is 48.9. The Labute approximate surface area is 286 Å². The van der Waals surface area contributed by atoms with Crippen molar-refractivity contribution in [2.45, 2.75) is 26.1 Å². The molecular weight excluding hydrogens is 642 g/mol. The molecule has 0 spiro atoms. The predicted molar refractivity (Wildman–Crippen MR) is 184 cm³/mol. The first kappa shape index (κ1) is 33.7. The first-order valence-corrected chi connectivity index (χ1v) is 15.7. The van der Waals surface area contributed by atoms with E-state index in [9.17, 15) is 28.3 Å². The molecule has 1 heterocycles. The van der Waals surface area contributed by atoms with Crippen molar-refractivity contribution < 1.29 is 33.1 Å². The number of nitrogens with one attached hydrogen (secondary N) is 2. The van der Waals surface area contributed by atoms with Crippen LogP contribution in [0.2, 0.25) is 0 Å². The van der Waals surface area contributed by atoms with E-state index in [1.807, 2.05) is 36.4 Å². The molecule has 2 amide bonds. The maximum Gasteiger partial charge on any atom is 0.323 e. The molecule has 0 bridgehead atoms. The van der Waals surface area contributed by atoms with E-state index in [0.29, 0.717) is 17.1 Å². The number of aryl methyl sites for hydroxylation is 1. The van der Waals surface area contributed by atoms with E-state index in [1.54, 1.807) is 12.1 Å². The number of amides is 2. The van der Waals surface area contributed by atoms with Crippen LogP contribution in [0.15, 0.2) is 120 Å². The van der Waals surface area contributed by atoms with Crippen LogP contribution in [-0.4, -0.2) is 40.2 Å². The number of hydroxylamine groups is 1. The van der Waals surface area contributed by atoms with E-state index in [0.717, 1.165) is 34.4 Å². The molecule has 3 N–H and O–H groups in total. The van der Waals surface area contributed by atoms with Crippen molar-refractivity contribution in [2.24, 2.45) is 4.99 Å². The lowest BCUT2D eigenvalue weighted by molar-refractivity contribution is -0.137. The number of halogens is 2. The first-order chi connectivity index (χ1) is 24.1. The Hall–Kier alpha value is -6.20. The lowest BCUT2D eigenvalue weighted by atomic mass is 10.0. The Morgan fingerprint density at radius 1 is 0.820 bits per heavy atom. The van der Waals surface area contributed by atoms with Crippen molar-refractivity contribution in [2.75, 3.05) is 11.9 Å². The van der Waals surface area contributed by atoms with Crippen molar-refractivity contribution in [3.63, 3.8) is 0 Å². The molecule has 0 aliphatic carbocycles. The smallest absolute Gasteiger partial charge is 0.323 e. The molecule has 5 aromatic carbocycles. The lowest BCUT2D eigenvalue weighted by Gasteiger charge is -2.21. The molecule has 0 aromatic heterocycles. The topological polar surface area (TPSA) is 120 Å². The molecule has 0 fully saturated rings. The van der Waals surface area contributed by atoms with Gasteiger partial charge < -0.3 is 20.2 Å². The summed E-state index contributed by atoms with van der Waals surface area (Å²) < 4.78 is 27.8. The standard InChI is InChI=1S/C39H32F2N4O5/c1-24-5-9-26(10-6-24)27-13-15-29(16-14-27)38-43-37(44-50-38)28-11-7-25(8-12-28)22-45(23-36(47)48)39(49)30-17-19-31(20-18-30)42-35(46)21-32-33(40)3-2-4-34(32)41/h2-20,37,44H,21-23H2,1H3,(H,42,46)(H,47,48). The van der Waals surface area contributed by atoms with Gasteiger partial charge in [0.1, 0.15) is 18.2 Å². The molecule has 1 unspecified atom stereocenters. The summed E-state index contributed by atoms with van der Waals surface area (Å²) in [5.74, 6) is -3.54. The summed E-state index contributed by atoms with van der Waals surface area (Å²) in [7, 11) is 0. The minimum Gasteiger partial charge on any atom is -0.480 e. The Balaban J connectivity index is 1.08. The zero-order valence-electron chi connectivity index (χ0n) is 26.9. The average molecular weight is 675 g/mol. The van der Waals surface area contributed by atoms with Gasteiger partial charge in [-0.1, -0.05) is 72.3 Å². The summed E-state index contributed by atoms with van der Waals surface area (Å²) >= 11 is 0. The van der Waals surface area contributed by atoms with Gasteiger partial charge in [0.25, 0.3) is 5.91 Å². The number of hydrogen-bond acceptors (Lipinski definition) is 6. The molecule has 0 saturated heterocycles. The minimum absolute atomic E-state index is 0.0224. The number of carboxylic acid groups (broad SMARTS) is 1. The van der Waals surface area contributed by atoms with Crippen LogP contribution in [0.1, 0.15) is 44.3 Å². The summed E-state index contributed by atoms with van der Waals surface area (Å²) in [6, 6.07) is 32.7. The number of aliphatic imine (C=N–C) groups is 1. The van der Waals surface area contributed by atoms with Gasteiger partial charge in [-0.3, -0.25) is 14.4 Å².